The molecule has 0 atom stereocenters. The molecule has 0 aromatic heterocycles. The van der Waals surface area contributed by atoms with Gasteiger partial charge in [0, 0.05) is 6.42 Å². The van der Waals surface area contributed by atoms with Crippen LogP contribution in [0.25, 0.3) is 0 Å². The number of carboxylic acids is 2. The lowest BCUT2D eigenvalue weighted by molar-refractivity contribution is -0.137. The standard InChI is InChI=1S/C10H20O2.C7H6O2.C6H14O4/c1-2-3-4-5-6-7-8-9-10(11)12;8-7(9)6-4-2-1-3-5-6;7-1-3-9-5-6-10-4-2-8/h2-9H2,1H3,(H,11,12);1-5H,(H,8,9);7-8H,1-6H2. The number of aliphatic hydroxyl groups is 2. The van der Waals surface area contributed by atoms with E-state index in [0.29, 0.717) is 38.4 Å². The average Bonchev–Trinajstić information content (AvgIpc) is 2.77. The predicted octanol–water partition coefficient (Wildman–Crippen LogP) is 3.60. The van der Waals surface area contributed by atoms with Crippen LogP contribution in [0.3, 0.4) is 0 Å². The molecule has 8 nitrogen and oxygen atoms in total. The minimum atomic E-state index is -0.879. The van der Waals surface area contributed by atoms with Crippen LogP contribution in [0.5, 0.6) is 0 Å². The summed E-state index contributed by atoms with van der Waals surface area (Å²) in [5, 5.41) is 33.3. The lowest BCUT2D eigenvalue weighted by atomic mass is 10.1. The zero-order valence-electron chi connectivity index (χ0n) is 18.7. The maximum absolute atomic E-state index is 10.2. The predicted molar refractivity (Wildman–Crippen MR) is 119 cm³/mol. The van der Waals surface area contributed by atoms with E-state index < -0.39 is 11.9 Å². The lowest BCUT2D eigenvalue weighted by Crippen LogP contribution is -2.09. The van der Waals surface area contributed by atoms with Crippen LogP contribution < -0.4 is 0 Å². The van der Waals surface area contributed by atoms with Crippen LogP contribution in [0.15, 0.2) is 30.3 Å². The second-order valence-electron chi connectivity index (χ2n) is 6.61. The summed E-state index contributed by atoms with van der Waals surface area (Å²) in [4.78, 5) is 20.3. The Hall–Kier alpha value is -2.00. The Balaban J connectivity index is 0. The Bertz CT molecular complexity index is 500. The number of rotatable bonds is 16. The van der Waals surface area contributed by atoms with E-state index >= 15 is 0 Å². The molecule has 0 aliphatic heterocycles. The zero-order chi connectivity index (χ0) is 23.6. The second-order valence-corrected chi connectivity index (χ2v) is 6.61. The Labute approximate surface area is 185 Å². The first kappa shape index (κ1) is 31.2. The molecular formula is C23H40O8. The summed E-state index contributed by atoms with van der Waals surface area (Å²) in [5.41, 5.74) is 0.331. The first-order chi connectivity index (χ1) is 15.0. The van der Waals surface area contributed by atoms with Crippen molar-refractivity contribution < 1.29 is 39.5 Å². The van der Waals surface area contributed by atoms with E-state index in [1.807, 2.05) is 0 Å². The Morgan fingerprint density at radius 3 is 1.61 bits per heavy atom. The van der Waals surface area contributed by atoms with Gasteiger partial charge in [-0.1, -0.05) is 63.6 Å². The van der Waals surface area contributed by atoms with Gasteiger partial charge >= 0.3 is 11.9 Å². The number of carbonyl (C=O) groups is 2. The molecule has 4 N–H and O–H groups in total. The van der Waals surface area contributed by atoms with Crippen molar-refractivity contribution in [1.82, 2.24) is 0 Å². The third kappa shape index (κ3) is 28.0. The van der Waals surface area contributed by atoms with E-state index in [1.54, 1.807) is 30.3 Å². The van der Waals surface area contributed by atoms with Gasteiger partial charge in [0.15, 0.2) is 0 Å². The van der Waals surface area contributed by atoms with Crippen LogP contribution in [0.4, 0.5) is 0 Å². The highest BCUT2D eigenvalue weighted by Crippen LogP contribution is 2.07. The summed E-state index contributed by atoms with van der Waals surface area (Å²) >= 11 is 0. The van der Waals surface area contributed by atoms with Gasteiger partial charge in [-0.3, -0.25) is 4.79 Å². The molecule has 0 bridgehead atoms. The molecule has 0 radical (unpaired) electrons. The topological polar surface area (TPSA) is 134 Å². The van der Waals surface area contributed by atoms with Crippen LogP contribution in [0, 0.1) is 0 Å². The molecule has 0 spiro atoms. The van der Waals surface area contributed by atoms with E-state index in [4.69, 9.17) is 29.9 Å². The zero-order valence-corrected chi connectivity index (χ0v) is 18.7. The number of hydrogen-bond donors (Lipinski definition) is 4. The highest BCUT2D eigenvalue weighted by Gasteiger charge is 1.97. The van der Waals surface area contributed by atoms with Gasteiger partial charge in [0.25, 0.3) is 0 Å². The molecule has 0 aliphatic carbocycles. The summed E-state index contributed by atoms with van der Waals surface area (Å²) in [6, 6.07) is 8.30. The van der Waals surface area contributed by atoms with E-state index in [0.717, 1.165) is 12.8 Å². The molecule has 1 aromatic carbocycles. The molecule has 0 aliphatic rings. The van der Waals surface area contributed by atoms with Crippen molar-refractivity contribution in [2.75, 3.05) is 39.6 Å². The van der Waals surface area contributed by atoms with E-state index in [9.17, 15) is 9.59 Å². The number of benzene rings is 1. The van der Waals surface area contributed by atoms with Gasteiger partial charge in [0.2, 0.25) is 0 Å². The SMILES string of the molecule is CCCCCCCCCC(=O)O.O=C(O)c1ccccc1.OCCOCCOCCO. The van der Waals surface area contributed by atoms with Crippen LogP contribution in [0.1, 0.15) is 68.6 Å². The van der Waals surface area contributed by atoms with Crippen LogP contribution in [0.2, 0.25) is 0 Å². The summed E-state index contributed by atoms with van der Waals surface area (Å²) < 4.78 is 9.75. The molecule has 31 heavy (non-hydrogen) atoms. The molecule has 1 rings (SSSR count). The van der Waals surface area contributed by atoms with Crippen molar-refractivity contribution in [3.05, 3.63) is 35.9 Å². The minimum Gasteiger partial charge on any atom is -0.481 e. The molecular weight excluding hydrogens is 404 g/mol. The van der Waals surface area contributed by atoms with Crippen molar-refractivity contribution in [3.63, 3.8) is 0 Å². The molecule has 0 fully saturated rings. The smallest absolute Gasteiger partial charge is 0.335 e. The fourth-order valence-electron chi connectivity index (χ4n) is 2.27. The summed E-state index contributed by atoms with van der Waals surface area (Å²) in [6.45, 7) is 3.93. The Kier molecular flexibility index (Phi) is 26.2. The summed E-state index contributed by atoms with van der Waals surface area (Å²) in [7, 11) is 0. The molecule has 0 saturated heterocycles. The molecule has 0 saturated carbocycles. The van der Waals surface area contributed by atoms with Gasteiger partial charge in [-0.2, -0.15) is 0 Å². The first-order valence-electron chi connectivity index (χ1n) is 10.9. The van der Waals surface area contributed by atoms with Crippen molar-refractivity contribution in [2.45, 2.75) is 58.3 Å². The van der Waals surface area contributed by atoms with Crippen LogP contribution in [-0.2, 0) is 14.3 Å². The van der Waals surface area contributed by atoms with E-state index in [2.05, 4.69) is 6.92 Å². The molecule has 0 amide bonds. The van der Waals surface area contributed by atoms with Crippen LogP contribution >= 0.6 is 0 Å². The van der Waals surface area contributed by atoms with Crippen molar-refractivity contribution in [3.8, 4) is 0 Å². The summed E-state index contributed by atoms with van der Waals surface area (Å²) in [6.07, 6.45) is 8.64. The van der Waals surface area contributed by atoms with Gasteiger partial charge in [-0.05, 0) is 18.6 Å². The molecule has 8 heteroatoms. The highest BCUT2D eigenvalue weighted by atomic mass is 16.5. The molecule has 0 heterocycles. The first-order valence-corrected chi connectivity index (χ1v) is 10.9. The van der Waals surface area contributed by atoms with Crippen molar-refractivity contribution >= 4 is 11.9 Å². The number of unbranched alkanes of at least 4 members (excludes halogenated alkanes) is 6. The Morgan fingerprint density at radius 2 is 1.23 bits per heavy atom. The van der Waals surface area contributed by atoms with Crippen molar-refractivity contribution in [2.24, 2.45) is 0 Å². The maximum atomic E-state index is 10.2. The van der Waals surface area contributed by atoms with Gasteiger partial charge in [-0.15, -0.1) is 0 Å². The third-order valence-electron chi connectivity index (χ3n) is 3.86. The highest BCUT2D eigenvalue weighted by molar-refractivity contribution is 5.87. The molecule has 0 unspecified atom stereocenters. The van der Waals surface area contributed by atoms with Gasteiger partial charge in [-0.25, -0.2) is 4.79 Å². The quantitative estimate of drug-likeness (QED) is 0.284. The lowest BCUT2D eigenvalue weighted by Gasteiger charge is -2.01. The Morgan fingerprint density at radius 1 is 0.742 bits per heavy atom. The van der Waals surface area contributed by atoms with E-state index in [1.165, 1.54) is 32.1 Å². The van der Waals surface area contributed by atoms with Gasteiger partial charge < -0.3 is 29.9 Å². The van der Waals surface area contributed by atoms with Gasteiger partial charge in [0.05, 0.1) is 45.2 Å². The fraction of sp³-hybridized carbons (Fsp3) is 0.652. The summed E-state index contributed by atoms with van der Waals surface area (Å²) in [5.74, 6) is -1.54. The number of aliphatic carboxylic acids is 1. The molecule has 1 aromatic rings. The number of aromatic carboxylic acids is 1. The van der Waals surface area contributed by atoms with Gasteiger partial charge in [0.1, 0.15) is 0 Å². The number of carboxylic acid groups (broad SMARTS) is 2. The fourth-order valence-corrected chi connectivity index (χ4v) is 2.27. The van der Waals surface area contributed by atoms with Crippen molar-refractivity contribution in [1.29, 1.82) is 0 Å². The third-order valence-corrected chi connectivity index (χ3v) is 3.86. The number of aliphatic hydroxyl groups excluding tert-OH is 2. The molecule has 180 valence electrons. The largest absolute Gasteiger partial charge is 0.481 e. The maximum Gasteiger partial charge on any atom is 0.335 e. The number of hydrogen-bond acceptors (Lipinski definition) is 6. The number of ether oxygens (including phenoxy) is 2. The minimum absolute atomic E-state index is 0.0417. The van der Waals surface area contributed by atoms with Crippen LogP contribution in [-0.4, -0.2) is 72.0 Å². The normalized spacial score (nSPS) is 9.77. The average molecular weight is 445 g/mol. The van der Waals surface area contributed by atoms with E-state index in [-0.39, 0.29) is 13.2 Å². The second kappa shape index (κ2) is 26.0. The monoisotopic (exact) mass is 444 g/mol.